The molecule has 1 amide bonds. The van der Waals surface area contributed by atoms with Crippen LogP contribution in [-0.4, -0.2) is 29.3 Å². The molecule has 0 aliphatic carbocycles. The van der Waals surface area contributed by atoms with E-state index in [9.17, 15) is 10.1 Å². The second kappa shape index (κ2) is 10.4. The Hall–Kier alpha value is -3.70. The van der Waals surface area contributed by atoms with Gasteiger partial charge < -0.3 is 9.47 Å². The molecule has 0 spiro atoms. The first-order valence-corrected chi connectivity index (χ1v) is 10.4. The van der Waals surface area contributed by atoms with E-state index in [0.717, 1.165) is 16.3 Å². The number of amides is 1. The molecule has 1 heterocycles. The molecule has 1 N–H and O–H groups in total. The molecule has 31 heavy (non-hydrogen) atoms. The molecule has 0 fully saturated rings. The van der Waals surface area contributed by atoms with E-state index < -0.39 is 5.91 Å². The van der Waals surface area contributed by atoms with Crippen LogP contribution in [0.25, 0.3) is 6.08 Å². The van der Waals surface area contributed by atoms with Crippen molar-refractivity contribution in [3.05, 3.63) is 69.7 Å². The van der Waals surface area contributed by atoms with Gasteiger partial charge in [0.1, 0.15) is 41.4 Å². The topological polar surface area (TPSA) is 97.1 Å². The standard InChI is InChI=1S/C23H22N4O3S/c1-15-4-9-21(16(2)12-15)30-11-10-29-20-7-5-18(6-8-20)13-19(14-24)22(28)25-23-27-26-17(3)31-23/h4-9,12-13H,10-11H2,1-3H3,(H,25,27,28)/b19-13-. The van der Waals surface area contributed by atoms with Gasteiger partial charge in [0.05, 0.1) is 0 Å². The van der Waals surface area contributed by atoms with Gasteiger partial charge in [-0.2, -0.15) is 5.26 Å². The minimum atomic E-state index is -0.525. The molecular weight excluding hydrogens is 412 g/mol. The molecule has 7 nitrogen and oxygen atoms in total. The number of rotatable bonds is 8. The van der Waals surface area contributed by atoms with Crippen LogP contribution < -0.4 is 14.8 Å². The molecule has 1 aromatic heterocycles. The lowest BCUT2D eigenvalue weighted by atomic mass is 10.1. The summed E-state index contributed by atoms with van der Waals surface area (Å²) in [6.07, 6.45) is 1.51. The van der Waals surface area contributed by atoms with E-state index in [1.165, 1.54) is 23.0 Å². The number of nitriles is 1. The summed E-state index contributed by atoms with van der Waals surface area (Å²) in [4.78, 5) is 12.3. The second-order valence-electron chi connectivity index (χ2n) is 6.79. The molecule has 0 saturated carbocycles. The van der Waals surface area contributed by atoms with Gasteiger partial charge in [0.15, 0.2) is 0 Å². The zero-order chi connectivity index (χ0) is 22.2. The summed E-state index contributed by atoms with van der Waals surface area (Å²) in [5, 5.41) is 20.6. The van der Waals surface area contributed by atoms with Crippen LogP contribution in [0.4, 0.5) is 5.13 Å². The summed E-state index contributed by atoms with van der Waals surface area (Å²) in [5.74, 6) is 0.997. The number of nitrogens with one attached hydrogen (secondary N) is 1. The Bertz CT molecular complexity index is 1130. The predicted octanol–water partition coefficient (Wildman–Crippen LogP) is 4.47. The largest absolute Gasteiger partial charge is 0.490 e. The summed E-state index contributed by atoms with van der Waals surface area (Å²) in [5.41, 5.74) is 2.97. The second-order valence-corrected chi connectivity index (χ2v) is 7.97. The quantitative estimate of drug-likeness (QED) is 0.319. The molecule has 2 aromatic carbocycles. The number of anilines is 1. The van der Waals surface area contributed by atoms with E-state index in [1.54, 1.807) is 31.2 Å². The van der Waals surface area contributed by atoms with Crippen molar-refractivity contribution in [1.29, 1.82) is 5.26 Å². The number of carbonyl (C=O) groups excluding carboxylic acids is 1. The number of benzene rings is 2. The molecule has 0 radical (unpaired) electrons. The first-order chi connectivity index (χ1) is 14.9. The average molecular weight is 435 g/mol. The Morgan fingerprint density at radius 2 is 1.84 bits per heavy atom. The Morgan fingerprint density at radius 3 is 2.48 bits per heavy atom. The Kier molecular flexibility index (Phi) is 7.35. The molecule has 0 aliphatic heterocycles. The average Bonchev–Trinajstić information content (AvgIpc) is 3.16. The SMILES string of the molecule is Cc1ccc(OCCOc2ccc(/C=C(/C#N)C(=O)Nc3nnc(C)s3)cc2)c(C)c1. The van der Waals surface area contributed by atoms with Crippen LogP contribution in [0.2, 0.25) is 0 Å². The van der Waals surface area contributed by atoms with Crippen molar-refractivity contribution in [2.75, 3.05) is 18.5 Å². The molecule has 3 rings (SSSR count). The van der Waals surface area contributed by atoms with Gasteiger partial charge in [-0.1, -0.05) is 41.2 Å². The maximum absolute atomic E-state index is 12.3. The van der Waals surface area contributed by atoms with Gasteiger partial charge >= 0.3 is 0 Å². The number of aryl methyl sites for hydroxylation is 3. The van der Waals surface area contributed by atoms with Gasteiger partial charge in [0.2, 0.25) is 5.13 Å². The van der Waals surface area contributed by atoms with E-state index in [1.807, 2.05) is 32.0 Å². The number of nitrogens with zero attached hydrogens (tertiary/aromatic N) is 3. The van der Waals surface area contributed by atoms with Crippen molar-refractivity contribution in [2.45, 2.75) is 20.8 Å². The fourth-order valence-electron chi connectivity index (χ4n) is 2.76. The molecular formula is C23H22N4O3S. The number of carbonyl (C=O) groups is 1. The van der Waals surface area contributed by atoms with Crippen molar-refractivity contribution < 1.29 is 14.3 Å². The lowest BCUT2D eigenvalue weighted by Gasteiger charge is -2.11. The van der Waals surface area contributed by atoms with Crippen LogP contribution in [0, 0.1) is 32.1 Å². The highest BCUT2D eigenvalue weighted by Crippen LogP contribution is 2.19. The van der Waals surface area contributed by atoms with Crippen molar-refractivity contribution in [3.8, 4) is 17.6 Å². The van der Waals surface area contributed by atoms with E-state index in [0.29, 0.717) is 29.7 Å². The monoisotopic (exact) mass is 434 g/mol. The van der Waals surface area contributed by atoms with Gasteiger partial charge in [-0.3, -0.25) is 10.1 Å². The zero-order valence-corrected chi connectivity index (χ0v) is 18.3. The van der Waals surface area contributed by atoms with Crippen molar-refractivity contribution in [1.82, 2.24) is 10.2 Å². The third kappa shape index (κ3) is 6.39. The third-order valence-corrected chi connectivity index (χ3v) is 5.00. The Morgan fingerprint density at radius 1 is 1.10 bits per heavy atom. The Labute approximate surface area is 185 Å². The van der Waals surface area contributed by atoms with Crippen LogP contribution in [0.15, 0.2) is 48.0 Å². The maximum atomic E-state index is 12.3. The molecule has 8 heteroatoms. The van der Waals surface area contributed by atoms with Gasteiger partial charge in [0, 0.05) is 0 Å². The normalized spacial score (nSPS) is 11.0. The number of ether oxygens (including phenoxy) is 2. The first kappa shape index (κ1) is 22.0. The first-order valence-electron chi connectivity index (χ1n) is 9.61. The molecule has 158 valence electrons. The molecule has 0 saturated heterocycles. The Balaban J connectivity index is 1.52. The van der Waals surface area contributed by atoms with Crippen LogP contribution in [0.3, 0.4) is 0 Å². The summed E-state index contributed by atoms with van der Waals surface area (Å²) in [7, 11) is 0. The van der Waals surface area contributed by atoms with Crippen LogP contribution in [-0.2, 0) is 4.79 Å². The molecule has 3 aromatic rings. The van der Waals surface area contributed by atoms with Gasteiger partial charge in [-0.25, -0.2) is 0 Å². The van der Waals surface area contributed by atoms with Gasteiger partial charge in [0.25, 0.3) is 5.91 Å². The molecule has 0 atom stereocenters. The maximum Gasteiger partial charge on any atom is 0.268 e. The molecule has 0 bridgehead atoms. The van der Waals surface area contributed by atoms with Crippen LogP contribution in [0.5, 0.6) is 11.5 Å². The lowest BCUT2D eigenvalue weighted by molar-refractivity contribution is -0.112. The van der Waals surface area contributed by atoms with E-state index in [2.05, 4.69) is 21.6 Å². The zero-order valence-electron chi connectivity index (χ0n) is 17.5. The highest BCUT2D eigenvalue weighted by atomic mass is 32.1. The third-order valence-electron chi connectivity index (χ3n) is 4.24. The fourth-order valence-corrected chi connectivity index (χ4v) is 3.35. The van der Waals surface area contributed by atoms with Crippen molar-refractivity contribution in [2.24, 2.45) is 0 Å². The summed E-state index contributed by atoms with van der Waals surface area (Å²) < 4.78 is 11.5. The number of aromatic nitrogens is 2. The number of hydrogen-bond acceptors (Lipinski definition) is 7. The van der Waals surface area contributed by atoms with E-state index in [-0.39, 0.29) is 5.57 Å². The smallest absolute Gasteiger partial charge is 0.268 e. The van der Waals surface area contributed by atoms with E-state index >= 15 is 0 Å². The molecule has 0 aliphatic rings. The lowest BCUT2D eigenvalue weighted by Crippen LogP contribution is -2.13. The minimum absolute atomic E-state index is 0.0246. The van der Waals surface area contributed by atoms with Gasteiger partial charge in [-0.05, 0) is 56.2 Å². The number of hydrogen-bond donors (Lipinski definition) is 1. The van der Waals surface area contributed by atoms with Crippen molar-refractivity contribution >= 4 is 28.5 Å². The van der Waals surface area contributed by atoms with Crippen LogP contribution in [0.1, 0.15) is 21.7 Å². The molecule has 0 unspecified atom stereocenters. The van der Waals surface area contributed by atoms with Crippen LogP contribution >= 0.6 is 11.3 Å². The van der Waals surface area contributed by atoms with Crippen molar-refractivity contribution in [3.63, 3.8) is 0 Å². The van der Waals surface area contributed by atoms with Gasteiger partial charge in [-0.15, -0.1) is 10.2 Å². The highest BCUT2D eigenvalue weighted by Gasteiger charge is 2.12. The summed E-state index contributed by atoms with van der Waals surface area (Å²) in [6.45, 7) is 6.67. The summed E-state index contributed by atoms with van der Waals surface area (Å²) >= 11 is 1.24. The predicted molar refractivity (Wildman–Crippen MR) is 120 cm³/mol. The highest BCUT2D eigenvalue weighted by molar-refractivity contribution is 7.15. The fraction of sp³-hybridized carbons (Fsp3) is 0.217. The minimum Gasteiger partial charge on any atom is -0.490 e. The summed E-state index contributed by atoms with van der Waals surface area (Å²) in [6, 6.07) is 15.1. The van der Waals surface area contributed by atoms with E-state index in [4.69, 9.17) is 9.47 Å².